The normalized spacial score (nSPS) is 10.5. The smallest absolute Gasteiger partial charge is 0.257 e. The van der Waals surface area contributed by atoms with E-state index < -0.39 is 0 Å². The zero-order valence-corrected chi connectivity index (χ0v) is 16.6. The molecule has 0 aliphatic carbocycles. The van der Waals surface area contributed by atoms with Crippen molar-refractivity contribution in [1.29, 1.82) is 0 Å². The van der Waals surface area contributed by atoms with Crippen LogP contribution >= 0.6 is 15.9 Å². The average molecular weight is 404 g/mol. The van der Waals surface area contributed by atoms with Gasteiger partial charge in [-0.3, -0.25) is 4.79 Å². The average Bonchev–Trinajstić information content (AvgIpc) is 2.63. The zero-order valence-electron chi connectivity index (χ0n) is 15.0. The van der Waals surface area contributed by atoms with Crippen LogP contribution in [0.4, 0.5) is 0 Å². The maximum atomic E-state index is 13.0. The summed E-state index contributed by atoms with van der Waals surface area (Å²) < 4.78 is 6.84. The number of hydrogen-bond donors (Lipinski definition) is 0. The fraction of sp³-hybridized carbons (Fsp3) is 0.381. The summed E-state index contributed by atoms with van der Waals surface area (Å²) in [6, 6.07) is 15.9. The number of rotatable bonds is 9. The molecule has 0 saturated heterocycles. The molecule has 2 aromatic carbocycles. The van der Waals surface area contributed by atoms with Gasteiger partial charge in [-0.15, -0.1) is 0 Å². The highest BCUT2D eigenvalue weighted by Crippen LogP contribution is 2.25. The number of benzene rings is 2. The van der Waals surface area contributed by atoms with Gasteiger partial charge in [-0.25, -0.2) is 0 Å². The molecule has 0 atom stereocenters. The Morgan fingerprint density at radius 3 is 2.36 bits per heavy atom. The van der Waals surface area contributed by atoms with Gasteiger partial charge in [0.05, 0.1) is 12.2 Å². The molecule has 0 aliphatic rings. The summed E-state index contributed by atoms with van der Waals surface area (Å²) in [5, 5.41) is 0. The molecule has 0 N–H and O–H groups in total. The first-order chi connectivity index (χ1) is 12.2. The summed E-state index contributed by atoms with van der Waals surface area (Å²) in [4.78, 5) is 14.9. The summed E-state index contributed by atoms with van der Waals surface area (Å²) in [6.07, 6.45) is 2.71. The van der Waals surface area contributed by atoms with Crippen LogP contribution in [0.5, 0.6) is 5.75 Å². The first-order valence-electron chi connectivity index (χ1n) is 8.91. The number of nitrogens with zero attached hydrogens (tertiary/aromatic N) is 1. The summed E-state index contributed by atoms with van der Waals surface area (Å²) in [7, 11) is 0. The Hall–Kier alpha value is -1.81. The predicted octanol–water partition coefficient (Wildman–Crippen LogP) is 5.33. The summed E-state index contributed by atoms with van der Waals surface area (Å²) in [5.41, 5.74) is 1.86. The minimum Gasteiger partial charge on any atom is -0.492 e. The highest BCUT2D eigenvalue weighted by Gasteiger charge is 2.19. The molecule has 0 unspecified atom stereocenters. The van der Waals surface area contributed by atoms with Crippen LogP contribution in [-0.4, -0.2) is 30.5 Å². The largest absolute Gasteiger partial charge is 0.492 e. The van der Waals surface area contributed by atoms with Crippen LogP contribution in [-0.2, 0) is 6.42 Å². The number of halogens is 1. The van der Waals surface area contributed by atoms with Gasteiger partial charge in [0, 0.05) is 24.0 Å². The fourth-order valence-corrected chi connectivity index (χ4v) is 3.10. The zero-order chi connectivity index (χ0) is 18.1. The molecule has 3 nitrogen and oxygen atoms in total. The summed E-state index contributed by atoms with van der Waals surface area (Å²) in [5.74, 6) is 0.695. The van der Waals surface area contributed by atoms with Gasteiger partial charge in [0.1, 0.15) is 5.75 Å². The molecule has 0 aliphatic heterocycles. The topological polar surface area (TPSA) is 29.5 Å². The second kappa shape index (κ2) is 10.2. The van der Waals surface area contributed by atoms with E-state index in [9.17, 15) is 4.79 Å². The number of ether oxygens (including phenoxy) is 1. The van der Waals surface area contributed by atoms with Crippen LogP contribution in [0.2, 0.25) is 0 Å². The number of carbonyl (C=O) groups excluding carboxylic acids is 1. The Kier molecular flexibility index (Phi) is 7.99. The first-order valence-corrected chi connectivity index (χ1v) is 9.70. The predicted molar refractivity (Wildman–Crippen MR) is 106 cm³/mol. The van der Waals surface area contributed by atoms with E-state index in [1.807, 2.05) is 41.3 Å². The number of amides is 1. The Bertz CT molecular complexity index is 667. The molecule has 0 aromatic heterocycles. The molecule has 0 saturated carbocycles. The van der Waals surface area contributed by atoms with Crippen molar-refractivity contribution in [3.63, 3.8) is 0 Å². The maximum Gasteiger partial charge on any atom is 0.257 e. The van der Waals surface area contributed by atoms with Crippen LogP contribution in [0.15, 0.2) is 53.0 Å². The third-order valence-corrected chi connectivity index (χ3v) is 4.43. The lowest BCUT2D eigenvalue weighted by atomic mass is 10.1. The van der Waals surface area contributed by atoms with Crippen LogP contribution in [0.3, 0.4) is 0 Å². The molecular weight excluding hydrogens is 378 g/mol. The van der Waals surface area contributed by atoms with Gasteiger partial charge in [0.15, 0.2) is 0 Å². The monoisotopic (exact) mass is 403 g/mol. The number of hydrogen-bond acceptors (Lipinski definition) is 2. The van der Waals surface area contributed by atoms with E-state index in [2.05, 4.69) is 41.9 Å². The highest BCUT2D eigenvalue weighted by atomic mass is 79.9. The lowest BCUT2D eigenvalue weighted by Crippen LogP contribution is -2.32. The van der Waals surface area contributed by atoms with Crippen LogP contribution in [0.25, 0.3) is 0 Å². The molecule has 25 heavy (non-hydrogen) atoms. The van der Waals surface area contributed by atoms with Gasteiger partial charge in [-0.2, -0.15) is 0 Å². The molecule has 0 radical (unpaired) electrons. The van der Waals surface area contributed by atoms with Crippen molar-refractivity contribution in [2.75, 3.05) is 19.7 Å². The fourth-order valence-electron chi connectivity index (χ4n) is 2.74. The van der Waals surface area contributed by atoms with Crippen molar-refractivity contribution in [3.8, 4) is 5.75 Å². The Morgan fingerprint density at radius 2 is 1.72 bits per heavy atom. The van der Waals surface area contributed by atoms with Crippen molar-refractivity contribution in [3.05, 3.63) is 64.1 Å². The van der Waals surface area contributed by atoms with Gasteiger partial charge < -0.3 is 9.64 Å². The van der Waals surface area contributed by atoms with Gasteiger partial charge in [0.25, 0.3) is 5.91 Å². The molecule has 0 spiro atoms. The van der Waals surface area contributed by atoms with E-state index in [0.717, 1.165) is 36.8 Å². The van der Waals surface area contributed by atoms with Crippen molar-refractivity contribution in [2.24, 2.45) is 0 Å². The Balaban J connectivity index is 2.11. The molecule has 0 fully saturated rings. The molecule has 1 amide bonds. The van der Waals surface area contributed by atoms with Gasteiger partial charge in [-0.05, 0) is 36.6 Å². The van der Waals surface area contributed by atoms with Crippen molar-refractivity contribution in [1.82, 2.24) is 4.90 Å². The third kappa shape index (κ3) is 5.89. The van der Waals surface area contributed by atoms with Crippen LogP contribution in [0.1, 0.15) is 42.6 Å². The van der Waals surface area contributed by atoms with Crippen molar-refractivity contribution >= 4 is 21.8 Å². The van der Waals surface area contributed by atoms with E-state index >= 15 is 0 Å². The van der Waals surface area contributed by atoms with E-state index in [1.54, 1.807) is 0 Å². The van der Waals surface area contributed by atoms with Crippen LogP contribution < -0.4 is 4.74 Å². The summed E-state index contributed by atoms with van der Waals surface area (Å²) >= 11 is 3.47. The van der Waals surface area contributed by atoms with Gasteiger partial charge in [-0.1, -0.05) is 60.1 Å². The standard InChI is InChI=1S/C21H26BrNO2/c1-3-13-23(14-4-2)21(24)19-16-18(22)10-11-20(19)25-15-12-17-8-6-5-7-9-17/h5-11,16H,3-4,12-15H2,1-2H3. The number of carbonyl (C=O) groups is 1. The Morgan fingerprint density at radius 1 is 1.04 bits per heavy atom. The lowest BCUT2D eigenvalue weighted by Gasteiger charge is -2.23. The van der Waals surface area contributed by atoms with E-state index in [4.69, 9.17) is 4.74 Å². The van der Waals surface area contributed by atoms with Gasteiger partial charge >= 0.3 is 0 Å². The lowest BCUT2D eigenvalue weighted by molar-refractivity contribution is 0.0751. The second-order valence-corrected chi connectivity index (χ2v) is 6.93. The Labute approximate surface area is 159 Å². The molecule has 0 heterocycles. The minimum absolute atomic E-state index is 0.0414. The second-order valence-electron chi connectivity index (χ2n) is 6.02. The van der Waals surface area contributed by atoms with E-state index in [-0.39, 0.29) is 5.91 Å². The molecule has 0 bridgehead atoms. The minimum atomic E-state index is 0.0414. The molecule has 134 valence electrons. The maximum absolute atomic E-state index is 13.0. The van der Waals surface area contributed by atoms with E-state index in [1.165, 1.54) is 5.56 Å². The van der Waals surface area contributed by atoms with Gasteiger partial charge in [0.2, 0.25) is 0 Å². The quantitative estimate of drug-likeness (QED) is 0.565. The molecule has 4 heteroatoms. The highest BCUT2D eigenvalue weighted by molar-refractivity contribution is 9.10. The third-order valence-electron chi connectivity index (χ3n) is 3.94. The van der Waals surface area contributed by atoms with E-state index in [0.29, 0.717) is 17.9 Å². The molecule has 2 rings (SSSR count). The first kappa shape index (κ1) is 19.5. The van der Waals surface area contributed by atoms with Crippen molar-refractivity contribution in [2.45, 2.75) is 33.1 Å². The van der Waals surface area contributed by atoms with Crippen molar-refractivity contribution < 1.29 is 9.53 Å². The molecule has 2 aromatic rings. The molecular formula is C21H26BrNO2. The SMILES string of the molecule is CCCN(CCC)C(=O)c1cc(Br)ccc1OCCc1ccccc1. The summed E-state index contributed by atoms with van der Waals surface area (Å²) in [6.45, 7) is 6.26. The van der Waals surface area contributed by atoms with Crippen LogP contribution in [0, 0.1) is 0 Å².